The summed E-state index contributed by atoms with van der Waals surface area (Å²) in [4.78, 5) is 0. The van der Waals surface area contributed by atoms with E-state index in [0.717, 1.165) is 4.48 Å². The van der Waals surface area contributed by atoms with Crippen molar-refractivity contribution >= 4 is 24.0 Å². The first-order chi connectivity index (χ1) is 2.00. The summed E-state index contributed by atoms with van der Waals surface area (Å²) in [5.41, 5.74) is 0. The van der Waals surface area contributed by atoms with Crippen molar-refractivity contribution in [3.8, 4) is 0 Å². The van der Waals surface area contributed by atoms with Gasteiger partial charge in [0.1, 0.15) is 0 Å². The van der Waals surface area contributed by atoms with E-state index in [9.17, 15) is 0 Å². The van der Waals surface area contributed by atoms with Gasteiger partial charge >= 0.3 is 22.4 Å². The Morgan fingerprint density at radius 3 is 0.857 bits per heavy atom. The summed E-state index contributed by atoms with van der Waals surface area (Å²) in [5.74, 6) is 0. The van der Waals surface area contributed by atoms with Gasteiger partial charge in [-0.1, -0.05) is 0 Å². The van der Waals surface area contributed by atoms with Crippen LogP contribution < -0.4 is 0 Å². The first-order valence-corrected chi connectivity index (χ1v) is 1.79. The van der Waals surface area contributed by atoms with E-state index >= 15 is 0 Å². The van der Waals surface area contributed by atoms with E-state index in [1.54, 1.807) is 0 Å². The predicted octanol–water partition coefficient (Wildman–Crippen LogP) is 0.938. The number of quaternary nitrogens is 1. The van der Waals surface area contributed by atoms with Crippen molar-refractivity contribution in [2.45, 2.75) is 0 Å². The smallest absolute Gasteiger partial charge is 0.333 e. The molecule has 0 saturated heterocycles. The molecule has 0 aliphatic heterocycles. The van der Waals surface area contributed by atoms with Crippen molar-refractivity contribution < 1.29 is 26.9 Å². The molecule has 0 aliphatic carbocycles. The summed E-state index contributed by atoms with van der Waals surface area (Å²) < 4.78 is 1.00. The number of rotatable bonds is 0. The zero-order valence-electron chi connectivity index (χ0n) is 5.16. The molecule has 1 nitrogen and oxygen atoms in total. The van der Waals surface area contributed by atoms with E-state index in [4.69, 9.17) is 0 Å². The van der Waals surface area contributed by atoms with Crippen molar-refractivity contribution in [2.75, 3.05) is 28.2 Å². The molecule has 0 spiro atoms. The molecule has 0 unspecified atom stereocenters. The van der Waals surface area contributed by atoms with Crippen LogP contribution in [0.4, 0.5) is 0 Å². The Morgan fingerprint density at radius 2 is 0.857 bits per heavy atom. The molecule has 0 radical (unpaired) electrons. The van der Waals surface area contributed by atoms with Crippen molar-refractivity contribution in [1.82, 2.24) is 0 Å². The molecular formula is C4H13AgIN+2. The van der Waals surface area contributed by atoms with Crippen molar-refractivity contribution in [3.63, 3.8) is 0 Å². The van der Waals surface area contributed by atoms with E-state index in [1.165, 1.54) is 0 Å². The molecule has 0 bridgehead atoms. The predicted molar refractivity (Wildman–Crippen MR) is 39.4 cm³/mol. The Labute approximate surface area is 78.6 Å². The van der Waals surface area contributed by atoms with Gasteiger partial charge in [0.2, 0.25) is 0 Å². The molecule has 0 atom stereocenters. The molecule has 0 fully saturated rings. The number of halogens is 1. The van der Waals surface area contributed by atoms with Gasteiger partial charge in [-0.05, 0) is 0 Å². The van der Waals surface area contributed by atoms with Crippen molar-refractivity contribution in [1.29, 1.82) is 0 Å². The third kappa shape index (κ3) is 107. The largest absolute Gasteiger partial charge is 1.00 e. The van der Waals surface area contributed by atoms with Gasteiger partial charge in [-0.15, -0.1) is 24.0 Å². The zero-order chi connectivity index (χ0) is 4.50. The molecule has 0 N–H and O–H groups in total. The van der Waals surface area contributed by atoms with Crippen LogP contribution in [0.2, 0.25) is 0 Å². The third-order valence-corrected chi connectivity index (χ3v) is 0. The Balaban J connectivity index is -0.0000000800. The summed E-state index contributed by atoms with van der Waals surface area (Å²) in [6, 6.07) is 0. The SMILES string of the molecule is C[N+](C)(C)C.I.[Ag+]. The second-order valence-corrected chi connectivity index (χ2v) is 2.68. The number of hydrogen-bond acceptors (Lipinski definition) is 0. The molecule has 0 aromatic carbocycles. The van der Waals surface area contributed by atoms with Crippen LogP contribution in [0.25, 0.3) is 0 Å². The Morgan fingerprint density at radius 1 is 0.857 bits per heavy atom. The fourth-order valence-electron chi connectivity index (χ4n) is 0. The second-order valence-electron chi connectivity index (χ2n) is 2.68. The number of nitrogens with zero attached hydrogens (tertiary/aromatic N) is 1. The molecule has 0 aromatic rings. The minimum atomic E-state index is 0. The maximum Gasteiger partial charge on any atom is 1.00 e. The molecule has 7 heavy (non-hydrogen) atoms. The second kappa shape index (κ2) is 5.56. The minimum absolute atomic E-state index is 0. The Hall–Kier alpha value is 1.43. The van der Waals surface area contributed by atoms with Crippen LogP contribution in [-0.2, 0) is 22.4 Å². The van der Waals surface area contributed by atoms with Crippen LogP contribution in [0.15, 0.2) is 0 Å². The Kier molecular flexibility index (Phi) is 12.5. The van der Waals surface area contributed by atoms with E-state index in [1.807, 2.05) is 0 Å². The molecule has 50 valence electrons. The van der Waals surface area contributed by atoms with Crippen LogP contribution >= 0.6 is 24.0 Å². The number of hydrogen-bond donors (Lipinski definition) is 0. The van der Waals surface area contributed by atoms with E-state index in [2.05, 4.69) is 28.2 Å². The summed E-state index contributed by atoms with van der Waals surface area (Å²) in [5, 5.41) is 0. The summed E-state index contributed by atoms with van der Waals surface area (Å²) in [6.45, 7) is 0. The maximum absolute atomic E-state index is 2.12. The molecule has 0 aromatic heterocycles. The first kappa shape index (κ1) is 15.8. The van der Waals surface area contributed by atoms with Gasteiger partial charge in [0.15, 0.2) is 0 Å². The van der Waals surface area contributed by atoms with Gasteiger partial charge in [0, 0.05) is 0 Å². The standard InChI is InChI=1S/C4H12N.Ag.HI/c1-5(2,3)4;;/h1-4H3;;1H/q2*+1;. The fourth-order valence-corrected chi connectivity index (χ4v) is 0. The summed E-state index contributed by atoms with van der Waals surface area (Å²) in [6.07, 6.45) is 0. The van der Waals surface area contributed by atoms with Crippen LogP contribution in [0, 0.1) is 0 Å². The van der Waals surface area contributed by atoms with Gasteiger partial charge in [-0.25, -0.2) is 0 Å². The fraction of sp³-hybridized carbons (Fsp3) is 1.00. The van der Waals surface area contributed by atoms with Crippen LogP contribution in [0.1, 0.15) is 0 Å². The van der Waals surface area contributed by atoms with Crippen LogP contribution in [0.3, 0.4) is 0 Å². The van der Waals surface area contributed by atoms with Crippen molar-refractivity contribution in [3.05, 3.63) is 0 Å². The molecule has 0 aliphatic rings. The third-order valence-electron chi connectivity index (χ3n) is 0. The van der Waals surface area contributed by atoms with Gasteiger partial charge in [-0.3, -0.25) is 0 Å². The average Bonchev–Trinajstić information content (AvgIpc) is 0.722. The van der Waals surface area contributed by atoms with Crippen molar-refractivity contribution in [2.24, 2.45) is 0 Å². The summed E-state index contributed by atoms with van der Waals surface area (Å²) >= 11 is 0. The summed E-state index contributed by atoms with van der Waals surface area (Å²) in [7, 11) is 8.50. The van der Waals surface area contributed by atoms with E-state index in [-0.39, 0.29) is 46.4 Å². The van der Waals surface area contributed by atoms with Crippen LogP contribution in [0.5, 0.6) is 0 Å². The monoisotopic (exact) mass is 309 g/mol. The average molecular weight is 310 g/mol. The molecule has 0 heterocycles. The normalized spacial score (nSPS) is 8.57. The molecule has 0 saturated carbocycles. The first-order valence-electron chi connectivity index (χ1n) is 1.79. The minimum Gasteiger partial charge on any atom is -0.333 e. The molecule has 0 rings (SSSR count). The Bertz CT molecular complexity index is 27.2. The maximum atomic E-state index is 2.12. The molecule has 3 heteroatoms. The van der Waals surface area contributed by atoms with E-state index < -0.39 is 0 Å². The molecule has 0 amide bonds. The van der Waals surface area contributed by atoms with Gasteiger partial charge < -0.3 is 4.48 Å². The topological polar surface area (TPSA) is 0 Å². The van der Waals surface area contributed by atoms with Gasteiger partial charge in [-0.2, -0.15) is 0 Å². The quantitative estimate of drug-likeness (QED) is 0.355. The molecular weight excluding hydrogens is 297 g/mol. The zero-order valence-corrected chi connectivity index (χ0v) is 8.97. The van der Waals surface area contributed by atoms with Gasteiger partial charge in [0.25, 0.3) is 0 Å². The van der Waals surface area contributed by atoms with Gasteiger partial charge in [0.05, 0.1) is 28.2 Å². The van der Waals surface area contributed by atoms with E-state index in [0.29, 0.717) is 0 Å². The van der Waals surface area contributed by atoms with Crippen LogP contribution in [-0.4, -0.2) is 32.7 Å².